The van der Waals surface area contributed by atoms with Crippen LogP contribution in [0, 0.1) is 0 Å². The Hall–Kier alpha value is -5.60. The summed E-state index contributed by atoms with van der Waals surface area (Å²) in [6.07, 6.45) is 3.23. The van der Waals surface area contributed by atoms with Crippen molar-refractivity contribution in [3.63, 3.8) is 0 Å². The van der Waals surface area contributed by atoms with E-state index in [1.54, 1.807) is 0 Å². The van der Waals surface area contributed by atoms with Gasteiger partial charge in [0.1, 0.15) is 25.4 Å². The fourth-order valence-electron chi connectivity index (χ4n) is 3.67. The summed E-state index contributed by atoms with van der Waals surface area (Å²) in [5.74, 6) is -3.63. The molecule has 4 heterocycles. The van der Waals surface area contributed by atoms with Crippen molar-refractivity contribution in [3.05, 3.63) is 120 Å². The molecule has 14 heteroatoms. The number of ether oxygens (including phenoxy) is 4. The third kappa shape index (κ3) is 8.70. The quantitative estimate of drug-likeness (QED) is 0.165. The number of aromatic nitrogens is 4. The predicted molar refractivity (Wildman–Crippen MR) is 148 cm³/mol. The summed E-state index contributed by atoms with van der Waals surface area (Å²) in [6, 6.07) is 11.6. The van der Waals surface area contributed by atoms with Crippen molar-refractivity contribution >= 4 is 23.9 Å². The molecule has 4 aromatic heterocycles. The van der Waals surface area contributed by atoms with Gasteiger partial charge in [-0.2, -0.15) is 0 Å². The van der Waals surface area contributed by atoms with Gasteiger partial charge in [0.05, 0.1) is 22.3 Å². The molecule has 0 aliphatic rings. The second-order valence-corrected chi connectivity index (χ2v) is 9.03. The van der Waals surface area contributed by atoms with Crippen molar-refractivity contribution in [1.29, 1.82) is 0 Å². The maximum absolute atomic E-state index is 12.8. The van der Waals surface area contributed by atoms with Crippen LogP contribution in [0.5, 0.6) is 0 Å². The van der Waals surface area contributed by atoms with Crippen molar-refractivity contribution in [1.82, 2.24) is 19.9 Å². The van der Waals surface area contributed by atoms with Gasteiger partial charge >= 0.3 is 23.9 Å². The van der Waals surface area contributed by atoms with Crippen LogP contribution < -0.4 is 0 Å². The van der Waals surface area contributed by atoms with Crippen molar-refractivity contribution in [2.75, 3.05) is 13.2 Å². The number of hydrogen-bond acceptors (Lipinski definition) is 14. The molecule has 4 atom stereocenters. The molecule has 14 nitrogen and oxygen atoms in total. The molecule has 4 rings (SSSR count). The van der Waals surface area contributed by atoms with Crippen LogP contribution in [0.15, 0.2) is 98.1 Å². The summed E-state index contributed by atoms with van der Waals surface area (Å²) in [6.45, 7) is -1.45. The average molecular weight is 603 g/mol. The van der Waals surface area contributed by atoms with Gasteiger partial charge in [-0.15, -0.1) is 0 Å². The Labute approximate surface area is 250 Å². The SMILES string of the molecule is O=C(OC[C@@H](OC(=O)c1cccnc1)[C@@H](O)[C@H](O)[C@@H](COC(=O)c1cccnc1)OC(=O)c1cccnc1)c1cccnc1. The largest absolute Gasteiger partial charge is 0.458 e. The first kappa shape index (κ1) is 31.3. The number of carbonyl (C=O) groups is 4. The van der Waals surface area contributed by atoms with Crippen LogP contribution in [0.1, 0.15) is 41.4 Å². The first-order chi connectivity index (χ1) is 21.3. The minimum absolute atomic E-state index is 0.00253. The minimum atomic E-state index is -2.03. The highest BCUT2D eigenvalue weighted by Gasteiger charge is 2.39. The van der Waals surface area contributed by atoms with Crippen molar-refractivity contribution < 1.29 is 48.3 Å². The first-order valence-corrected chi connectivity index (χ1v) is 13.1. The number of esters is 4. The van der Waals surface area contributed by atoms with E-state index >= 15 is 0 Å². The molecular formula is C30H26N4O10. The molecule has 0 aliphatic heterocycles. The van der Waals surface area contributed by atoms with E-state index in [2.05, 4.69) is 19.9 Å². The molecule has 0 aliphatic carbocycles. The van der Waals surface area contributed by atoms with Gasteiger partial charge in [-0.05, 0) is 48.5 Å². The highest BCUT2D eigenvalue weighted by molar-refractivity contribution is 5.90. The molecule has 0 spiro atoms. The number of carbonyl (C=O) groups excluding carboxylic acids is 4. The van der Waals surface area contributed by atoms with Crippen LogP contribution >= 0.6 is 0 Å². The third-order valence-electron chi connectivity index (χ3n) is 5.97. The van der Waals surface area contributed by atoms with E-state index < -0.39 is 61.5 Å². The minimum Gasteiger partial charge on any atom is -0.458 e. The van der Waals surface area contributed by atoms with Crippen LogP contribution in [0.4, 0.5) is 0 Å². The lowest BCUT2D eigenvalue weighted by Gasteiger charge is -2.30. The van der Waals surface area contributed by atoms with Gasteiger partial charge in [0, 0.05) is 49.6 Å². The highest BCUT2D eigenvalue weighted by Crippen LogP contribution is 2.17. The Bertz CT molecular complexity index is 1410. The fourth-order valence-corrected chi connectivity index (χ4v) is 3.67. The van der Waals surface area contributed by atoms with Gasteiger partial charge in [-0.1, -0.05) is 0 Å². The Morgan fingerprint density at radius 3 is 1.09 bits per heavy atom. The maximum Gasteiger partial charge on any atom is 0.340 e. The Kier molecular flexibility index (Phi) is 11.1. The van der Waals surface area contributed by atoms with E-state index in [1.807, 2.05) is 0 Å². The number of nitrogens with zero attached hydrogens (tertiary/aromatic N) is 4. The lowest BCUT2D eigenvalue weighted by Crippen LogP contribution is -2.51. The number of aliphatic hydroxyl groups is 2. The molecule has 4 aromatic rings. The van der Waals surface area contributed by atoms with Crippen molar-refractivity contribution in [2.24, 2.45) is 0 Å². The summed E-state index contributed by atoms with van der Waals surface area (Å²) >= 11 is 0. The fraction of sp³-hybridized carbons (Fsp3) is 0.200. The molecular weight excluding hydrogens is 576 g/mol. The number of aliphatic hydroxyl groups excluding tert-OH is 2. The van der Waals surface area contributed by atoms with Gasteiger partial charge in [-0.3, -0.25) is 19.9 Å². The van der Waals surface area contributed by atoms with Crippen LogP contribution in [0.25, 0.3) is 0 Å². The lowest BCUT2D eigenvalue weighted by molar-refractivity contribution is -0.131. The van der Waals surface area contributed by atoms with Crippen molar-refractivity contribution in [2.45, 2.75) is 24.4 Å². The van der Waals surface area contributed by atoms with E-state index in [9.17, 15) is 29.4 Å². The third-order valence-corrected chi connectivity index (χ3v) is 5.97. The van der Waals surface area contributed by atoms with E-state index in [0.717, 1.165) is 0 Å². The molecule has 0 aromatic carbocycles. The van der Waals surface area contributed by atoms with E-state index in [1.165, 1.54) is 98.1 Å². The molecule has 0 unspecified atom stereocenters. The molecule has 0 amide bonds. The first-order valence-electron chi connectivity index (χ1n) is 13.1. The molecule has 2 N–H and O–H groups in total. The number of pyridine rings is 4. The predicted octanol–water partition coefficient (Wildman–Crippen LogP) is 1.45. The summed E-state index contributed by atoms with van der Waals surface area (Å²) in [5.41, 5.74) is 0.154. The number of rotatable bonds is 13. The average Bonchev–Trinajstić information content (AvgIpc) is 3.08. The second-order valence-electron chi connectivity index (χ2n) is 9.03. The van der Waals surface area contributed by atoms with Gasteiger partial charge in [0.15, 0.2) is 12.2 Å². The zero-order valence-electron chi connectivity index (χ0n) is 22.9. The Balaban J connectivity index is 1.55. The zero-order valence-corrected chi connectivity index (χ0v) is 22.9. The summed E-state index contributed by atoms with van der Waals surface area (Å²) < 4.78 is 21.3. The topological polar surface area (TPSA) is 197 Å². The van der Waals surface area contributed by atoms with Crippen LogP contribution in [0.3, 0.4) is 0 Å². The molecule has 226 valence electrons. The summed E-state index contributed by atoms with van der Waals surface area (Å²) in [7, 11) is 0. The van der Waals surface area contributed by atoms with Crippen LogP contribution in [-0.4, -0.2) is 91.7 Å². The molecule has 0 saturated heterocycles. The van der Waals surface area contributed by atoms with Gasteiger partial charge in [-0.25, -0.2) is 19.2 Å². The summed E-state index contributed by atoms with van der Waals surface area (Å²) in [5, 5.41) is 22.4. The Morgan fingerprint density at radius 2 is 0.818 bits per heavy atom. The monoisotopic (exact) mass is 602 g/mol. The summed E-state index contributed by atoms with van der Waals surface area (Å²) in [4.78, 5) is 66.1. The van der Waals surface area contributed by atoms with Gasteiger partial charge < -0.3 is 29.2 Å². The van der Waals surface area contributed by atoms with E-state index in [4.69, 9.17) is 18.9 Å². The lowest BCUT2D eigenvalue weighted by atomic mass is 10.0. The second kappa shape index (κ2) is 15.6. The Morgan fingerprint density at radius 1 is 0.523 bits per heavy atom. The van der Waals surface area contributed by atoms with Crippen molar-refractivity contribution in [3.8, 4) is 0 Å². The zero-order chi connectivity index (χ0) is 31.3. The van der Waals surface area contributed by atoms with E-state index in [0.29, 0.717) is 0 Å². The highest BCUT2D eigenvalue weighted by atomic mass is 16.6. The van der Waals surface area contributed by atoms with Crippen LogP contribution in [0.2, 0.25) is 0 Å². The van der Waals surface area contributed by atoms with Crippen LogP contribution in [-0.2, 0) is 18.9 Å². The molecule has 0 fully saturated rings. The standard InChI is InChI=1S/C30H26N4O10/c35-25(23(43-29(39)21-7-3-11-33-15-21)17-41-27(37)19-5-1-9-31-13-19)26(36)24(44-30(40)22-8-4-12-34-16-22)18-42-28(38)20-6-2-10-32-14-20/h1-16,23-26,35-36H,17-18H2/t23-,24-,25-,26-/m1/s1. The normalized spacial score (nSPS) is 13.4. The number of hydrogen-bond donors (Lipinski definition) is 2. The molecule has 44 heavy (non-hydrogen) atoms. The van der Waals surface area contributed by atoms with E-state index in [-0.39, 0.29) is 22.3 Å². The van der Waals surface area contributed by atoms with Gasteiger partial charge in [0.25, 0.3) is 0 Å². The van der Waals surface area contributed by atoms with Gasteiger partial charge in [0.2, 0.25) is 0 Å². The molecule has 0 radical (unpaired) electrons. The maximum atomic E-state index is 12.8. The molecule has 0 bridgehead atoms. The molecule has 0 saturated carbocycles. The smallest absolute Gasteiger partial charge is 0.340 e.